The molecule has 5 rings (SSSR count). The van der Waals surface area contributed by atoms with E-state index in [-0.39, 0.29) is 23.0 Å². The first-order valence-electron chi connectivity index (χ1n) is 11.9. The van der Waals surface area contributed by atoms with Crippen molar-refractivity contribution in [2.75, 3.05) is 17.3 Å². The van der Waals surface area contributed by atoms with E-state index in [9.17, 15) is 9.59 Å². The Kier molecular flexibility index (Phi) is 6.19. The molecule has 5 nitrogen and oxygen atoms in total. The highest BCUT2D eigenvalue weighted by atomic mass is 32.2. The van der Waals surface area contributed by atoms with Gasteiger partial charge < -0.3 is 10.1 Å². The number of ether oxygens (including phenoxy) is 1. The molecule has 0 bridgehead atoms. The molecule has 0 radical (unpaired) electrons. The second-order valence-electron chi connectivity index (χ2n) is 9.05. The van der Waals surface area contributed by atoms with Crippen molar-refractivity contribution >= 4 is 35.0 Å². The average Bonchev–Trinajstić information content (AvgIpc) is 2.84. The Balaban J connectivity index is 1.61. The maximum atomic E-state index is 14.3. The first-order chi connectivity index (χ1) is 16.1. The van der Waals surface area contributed by atoms with Gasteiger partial charge in [0.1, 0.15) is 0 Å². The summed E-state index contributed by atoms with van der Waals surface area (Å²) < 4.78 is 5.15. The van der Waals surface area contributed by atoms with Gasteiger partial charge in [0.05, 0.1) is 18.1 Å². The van der Waals surface area contributed by atoms with E-state index in [4.69, 9.17) is 4.74 Å². The van der Waals surface area contributed by atoms with Gasteiger partial charge in [-0.1, -0.05) is 61.7 Å². The van der Waals surface area contributed by atoms with Gasteiger partial charge in [0.15, 0.2) is 5.50 Å². The summed E-state index contributed by atoms with van der Waals surface area (Å²) in [6.45, 7) is 2.16. The number of rotatable bonds is 5. The lowest BCUT2D eigenvalue weighted by atomic mass is 9.61. The van der Waals surface area contributed by atoms with Gasteiger partial charge >= 0.3 is 5.97 Å². The van der Waals surface area contributed by atoms with E-state index < -0.39 is 5.50 Å². The largest absolute Gasteiger partial charge is 0.465 e. The summed E-state index contributed by atoms with van der Waals surface area (Å²) >= 11 is 1.40. The summed E-state index contributed by atoms with van der Waals surface area (Å²) in [4.78, 5) is 28.3. The van der Waals surface area contributed by atoms with Crippen LogP contribution in [0.3, 0.4) is 0 Å². The van der Waals surface area contributed by atoms with E-state index in [2.05, 4.69) is 23.5 Å². The van der Waals surface area contributed by atoms with E-state index in [1.165, 1.54) is 23.7 Å². The maximum absolute atomic E-state index is 14.3. The average molecular weight is 463 g/mol. The quantitative estimate of drug-likeness (QED) is 0.625. The molecule has 1 N–H and O–H groups in total. The highest BCUT2D eigenvalue weighted by Crippen LogP contribution is 2.53. The fraction of sp³-hybridized carbons (Fsp3) is 0.407. The number of thioether (sulfide) groups is 1. The van der Waals surface area contributed by atoms with Gasteiger partial charge in [-0.3, -0.25) is 14.5 Å². The monoisotopic (exact) mass is 462 g/mol. The van der Waals surface area contributed by atoms with Crippen molar-refractivity contribution in [3.05, 3.63) is 71.3 Å². The lowest BCUT2D eigenvalue weighted by Gasteiger charge is -2.49. The molecular weight excluding hydrogens is 432 g/mol. The zero-order valence-electron chi connectivity index (χ0n) is 19.0. The molecule has 1 amide bonds. The number of benzene rings is 2. The maximum Gasteiger partial charge on any atom is 0.316 e. The van der Waals surface area contributed by atoms with E-state index >= 15 is 0 Å². The van der Waals surface area contributed by atoms with Gasteiger partial charge in [-0.05, 0) is 43.9 Å². The third-order valence-electron chi connectivity index (χ3n) is 7.04. The van der Waals surface area contributed by atoms with Crippen molar-refractivity contribution in [1.29, 1.82) is 0 Å². The fourth-order valence-electron chi connectivity index (χ4n) is 5.63. The van der Waals surface area contributed by atoms with Crippen LogP contribution in [-0.2, 0) is 20.7 Å². The predicted molar refractivity (Wildman–Crippen MR) is 133 cm³/mol. The number of carbonyl (C=O) groups is 2. The molecule has 0 aromatic heterocycles. The highest BCUT2D eigenvalue weighted by Gasteiger charge is 2.49. The Labute approximate surface area is 199 Å². The molecule has 1 fully saturated rings. The number of carbonyl (C=O) groups excluding carboxylic acids is 2. The smallest absolute Gasteiger partial charge is 0.316 e. The van der Waals surface area contributed by atoms with Crippen LogP contribution in [0.4, 0.5) is 5.69 Å². The number of para-hydroxylation sites is 1. The molecule has 1 atom stereocenters. The van der Waals surface area contributed by atoms with E-state index in [0.717, 1.165) is 54.6 Å². The Morgan fingerprint density at radius 2 is 1.82 bits per heavy atom. The number of amides is 1. The van der Waals surface area contributed by atoms with Gasteiger partial charge in [0, 0.05) is 22.2 Å². The number of nitrogens with zero attached hydrogens (tertiary/aromatic N) is 1. The van der Waals surface area contributed by atoms with Crippen LogP contribution in [0.1, 0.15) is 50.2 Å². The molecule has 0 saturated heterocycles. The molecule has 1 heterocycles. The number of fused-ring (bicyclic) bond motifs is 3. The summed E-state index contributed by atoms with van der Waals surface area (Å²) in [6.07, 6.45) is 6.53. The number of hydrogen-bond donors (Lipinski definition) is 1. The Morgan fingerprint density at radius 1 is 1.09 bits per heavy atom. The molecule has 3 aliphatic rings. The van der Waals surface area contributed by atoms with E-state index in [1.807, 2.05) is 41.3 Å². The normalized spacial score (nSPS) is 21.3. The Bertz CT molecular complexity index is 1080. The van der Waals surface area contributed by atoms with E-state index in [0.29, 0.717) is 6.61 Å². The molecule has 2 aromatic carbocycles. The minimum absolute atomic E-state index is 0.0627. The highest BCUT2D eigenvalue weighted by molar-refractivity contribution is 8.00. The zero-order chi connectivity index (χ0) is 22.8. The minimum Gasteiger partial charge on any atom is -0.465 e. The molecule has 1 unspecified atom stereocenters. The standard InChI is InChI=1S/C27H30N2O3S/c1-2-32-22(30)18-33-26-28-24-21-14-8-7-11-19(21)17-27(15-9-4-10-16-27)23(24)25(31)29(26)20-12-5-3-6-13-20/h3,5-8,11-14,26,28H,2,4,9-10,15-18H2,1H3. The summed E-state index contributed by atoms with van der Waals surface area (Å²) in [5.41, 5.74) is 4.63. The van der Waals surface area contributed by atoms with Gasteiger partial charge in [-0.15, -0.1) is 11.8 Å². The topological polar surface area (TPSA) is 58.6 Å². The van der Waals surface area contributed by atoms with Crippen LogP contribution in [0.25, 0.3) is 5.70 Å². The number of anilines is 1. The third kappa shape index (κ3) is 4.05. The Morgan fingerprint density at radius 3 is 2.58 bits per heavy atom. The molecule has 6 heteroatoms. The molecule has 33 heavy (non-hydrogen) atoms. The zero-order valence-corrected chi connectivity index (χ0v) is 19.8. The summed E-state index contributed by atoms with van der Waals surface area (Å²) in [7, 11) is 0. The predicted octanol–water partition coefficient (Wildman–Crippen LogP) is 5.12. The number of esters is 1. The summed E-state index contributed by atoms with van der Waals surface area (Å²) in [5.74, 6) is -0.0256. The van der Waals surface area contributed by atoms with Crippen molar-refractivity contribution in [2.24, 2.45) is 5.41 Å². The lowest BCUT2D eigenvalue weighted by molar-refractivity contribution is -0.139. The fourth-order valence-corrected chi connectivity index (χ4v) is 6.58. The van der Waals surface area contributed by atoms with Crippen LogP contribution in [-0.4, -0.2) is 29.7 Å². The van der Waals surface area contributed by atoms with Gasteiger partial charge in [-0.25, -0.2) is 0 Å². The van der Waals surface area contributed by atoms with Gasteiger partial charge in [0.25, 0.3) is 5.91 Å². The molecule has 2 aromatic rings. The van der Waals surface area contributed by atoms with Gasteiger partial charge in [0.2, 0.25) is 0 Å². The van der Waals surface area contributed by atoms with Crippen LogP contribution in [0.5, 0.6) is 0 Å². The third-order valence-corrected chi connectivity index (χ3v) is 8.09. The molecule has 2 aliphatic carbocycles. The second-order valence-corrected chi connectivity index (χ2v) is 10.1. The molecule has 172 valence electrons. The van der Waals surface area contributed by atoms with Crippen LogP contribution < -0.4 is 10.2 Å². The second kappa shape index (κ2) is 9.26. The lowest BCUT2D eigenvalue weighted by Crippen LogP contribution is -2.56. The SMILES string of the molecule is CCOC(=O)CSC1NC2=C(C(=O)N1c1ccccc1)C1(CCCCC1)Cc1ccccc12. The summed E-state index contributed by atoms with van der Waals surface area (Å²) in [5, 5.41) is 3.70. The summed E-state index contributed by atoms with van der Waals surface area (Å²) in [6, 6.07) is 18.2. The van der Waals surface area contributed by atoms with Crippen molar-refractivity contribution in [3.63, 3.8) is 0 Å². The number of nitrogens with one attached hydrogen (secondary N) is 1. The molecule has 1 saturated carbocycles. The first kappa shape index (κ1) is 22.1. The van der Waals surface area contributed by atoms with Crippen molar-refractivity contribution < 1.29 is 14.3 Å². The molecule has 1 aliphatic heterocycles. The van der Waals surface area contributed by atoms with Crippen LogP contribution >= 0.6 is 11.8 Å². The van der Waals surface area contributed by atoms with E-state index in [1.54, 1.807) is 6.92 Å². The van der Waals surface area contributed by atoms with Crippen LogP contribution in [0.15, 0.2) is 60.2 Å². The minimum atomic E-state index is -0.394. The molecular formula is C27H30N2O3S. The molecule has 1 spiro atoms. The van der Waals surface area contributed by atoms with Gasteiger partial charge in [-0.2, -0.15) is 0 Å². The number of hydrogen-bond acceptors (Lipinski definition) is 5. The first-order valence-corrected chi connectivity index (χ1v) is 12.9. The van der Waals surface area contributed by atoms with Crippen molar-refractivity contribution in [2.45, 2.75) is 50.9 Å². The van der Waals surface area contributed by atoms with Crippen LogP contribution in [0, 0.1) is 5.41 Å². The Hall–Kier alpha value is -2.73. The van der Waals surface area contributed by atoms with Crippen molar-refractivity contribution in [1.82, 2.24) is 5.32 Å². The van der Waals surface area contributed by atoms with Crippen molar-refractivity contribution in [3.8, 4) is 0 Å². The van der Waals surface area contributed by atoms with Crippen LogP contribution in [0.2, 0.25) is 0 Å².